The molecule has 1 atom stereocenters. The van der Waals surface area contributed by atoms with Gasteiger partial charge in [-0.1, -0.05) is 23.8 Å². The Labute approximate surface area is 191 Å². The summed E-state index contributed by atoms with van der Waals surface area (Å²) in [5.41, 5.74) is 8.09. The summed E-state index contributed by atoms with van der Waals surface area (Å²) in [5.74, 6) is -1.42. The first-order valence-corrected chi connectivity index (χ1v) is 10.2. The number of carbonyl (C=O) groups excluding carboxylic acids is 2. The monoisotopic (exact) mass is 448 g/mol. The molecule has 8 heteroatoms. The fourth-order valence-electron chi connectivity index (χ4n) is 3.48. The molecule has 1 unspecified atom stereocenters. The average molecular weight is 448 g/mol. The zero-order valence-corrected chi connectivity index (χ0v) is 18.8. The van der Waals surface area contributed by atoms with E-state index in [1.807, 2.05) is 25.1 Å². The van der Waals surface area contributed by atoms with Crippen LogP contribution in [0, 0.1) is 18.3 Å². The Morgan fingerprint density at radius 1 is 1.09 bits per heavy atom. The maximum atomic E-state index is 12.7. The van der Waals surface area contributed by atoms with Crippen molar-refractivity contribution in [2.45, 2.75) is 26.7 Å². The molecule has 0 aliphatic carbocycles. The van der Waals surface area contributed by atoms with E-state index >= 15 is 0 Å². The first kappa shape index (κ1) is 23.4. The Morgan fingerprint density at radius 3 is 2.39 bits per heavy atom. The zero-order chi connectivity index (χ0) is 24.1. The molecule has 1 aliphatic heterocycles. The van der Waals surface area contributed by atoms with Crippen LogP contribution >= 0.6 is 0 Å². The fourth-order valence-corrected chi connectivity index (χ4v) is 3.48. The molecule has 1 heterocycles. The molecule has 3 rings (SSSR count). The van der Waals surface area contributed by atoms with E-state index in [4.69, 9.17) is 24.7 Å². The highest BCUT2D eigenvalue weighted by molar-refractivity contribution is 5.93. The van der Waals surface area contributed by atoms with E-state index in [1.54, 1.807) is 44.2 Å². The van der Waals surface area contributed by atoms with Gasteiger partial charge in [0.05, 0.1) is 30.8 Å². The van der Waals surface area contributed by atoms with Crippen molar-refractivity contribution in [3.05, 3.63) is 81.9 Å². The van der Waals surface area contributed by atoms with E-state index in [1.165, 1.54) is 7.11 Å². The lowest BCUT2D eigenvalue weighted by atomic mass is 9.83. The van der Waals surface area contributed by atoms with Crippen LogP contribution in [0.5, 0.6) is 11.5 Å². The van der Waals surface area contributed by atoms with E-state index in [0.717, 1.165) is 5.56 Å². The molecule has 8 nitrogen and oxygen atoms in total. The van der Waals surface area contributed by atoms with E-state index in [0.29, 0.717) is 11.1 Å². The third-order valence-corrected chi connectivity index (χ3v) is 5.11. The van der Waals surface area contributed by atoms with Crippen molar-refractivity contribution in [3.8, 4) is 17.6 Å². The van der Waals surface area contributed by atoms with Gasteiger partial charge >= 0.3 is 11.9 Å². The van der Waals surface area contributed by atoms with Crippen molar-refractivity contribution >= 4 is 11.9 Å². The van der Waals surface area contributed by atoms with Crippen molar-refractivity contribution in [2.24, 2.45) is 5.73 Å². The van der Waals surface area contributed by atoms with Gasteiger partial charge in [-0.2, -0.15) is 5.26 Å². The number of methoxy groups -OCH3 is 1. The second-order valence-corrected chi connectivity index (χ2v) is 7.28. The molecule has 0 aromatic heterocycles. The van der Waals surface area contributed by atoms with Gasteiger partial charge in [0.1, 0.15) is 17.4 Å². The number of nitrogens with two attached hydrogens (primary N) is 1. The summed E-state index contributed by atoms with van der Waals surface area (Å²) < 4.78 is 21.5. The molecule has 1 aliphatic rings. The number of ether oxygens (including phenoxy) is 4. The Morgan fingerprint density at radius 2 is 1.79 bits per heavy atom. The van der Waals surface area contributed by atoms with Gasteiger partial charge in [-0.25, -0.2) is 9.59 Å². The second-order valence-electron chi connectivity index (χ2n) is 7.28. The van der Waals surface area contributed by atoms with Crippen molar-refractivity contribution in [3.63, 3.8) is 0 Å². The van der Waals surface area contributed by atoms with Gasteiger partial charge in [-0.05, 0) is 50.6 Å². The molecule has 2 aromatic rings. The summed E-state index contributed by atoms with van der Waals surface area (Å²) in [6.45, 7) is 5.34. The molecule has 0 bridgehead atoms. The standard InChI is InChI=1S/C25H24N2O6/c1-5-31-25(29)21-15(3)32-23(27)18(13-26)22(21)17-10-11-19(20(12-17)30-4)33-24(28)16-8-6-14(2)7-9-16/h6-12,22H,5,27H2,1-4H3. The minimum Gasteiger partial charge on any atom is -0.493 e. The van der Waals surface area contributed by atoms with Crippen LogP contribution in [-0.2, 0) is 14.3 Å². The highest BCUT2D eigenvalue weighted by Crippen LogP contribution is 2.42. The lowest BCUT2D eigenvalue weighted by Gasteiger charge is -2.27. The van der Waals surface area contributed by atoms with Crippen LogP contribution in [0.1, 0.15) is 41.3 Å². The number of hydrogen-bond acceptors (Lipinski definition) is 8. The lowest BCUT2D eigenvalue weighted by molar-refractivity contribution is -0.139. The summed E-state index contributed by atoms with van der Waals surface area (Å²) in [6.07, 6.45) is 0. The summed E-state index contributed by atoms with van der Waals surface area (Å²) in [5, 5.41) is 9.71. The number of esters is 2. The van der Waals surface area contributed by atoms with Crippen LogP contribution in [0.4, 0.5) is 0 Å². The highest BCUT2D eigenvalue weighted by atomic mass is 16.6. The van der Waals surface area contributed by atoms with Gasteiger partial charge in [-0.15, -0.1) is 0 Å². The lowest BCUT2D eigenvalue weighted by Crippen LogP contribution is -2.25. The third-order valence-electron chi connectivity index (χ3n) is 5.11. The molecule has 0 radical (unpaired) electrons. The number of benzene rings is 2. The molecule has 0 saturated heterocycles. The quantitative estimate of drug-likeness (QED) is 0.522. The fraction of sp³-hybridized carbons (Fsp3) is 0.240. The Bertz CT molecular complexity index is 1190. The van der Waals surface area contributed by atoms with Crippen LogP contribution in [0.25, 0.3) is 0 Å². The van der Waals surface area contributed by atoms with Gasteiger partial charge in [0.25, 0.3) is 0 Å². The summed E-state index contributed by atoms with van der Waals surface area (Å²) in [4.78, 5) is 25.2. The van der Waals surface area contributed by atoms with E-state index in [2.05, 4.69) is 0 Å². The number of rotatable bonds is 6. The molecule has 0 amide bonds. The summed E-state index contributed by atoms with van der Waals surface area (Å²) >= 11 is 0. The molecule has 0 saturated carbocycles. The van der Waals surface area contributed by atoms with Crippen molar-refractivity contribution < 1.29 is 28.5 Å². The molecule has 2 aromatic carbocycles. The number of nitrogens with zero attached hydrogens (tertiary/aromatic N) is 1. The maximum absolute atomic E-state index is 12.7. The first-order valence-electron chi connectivity index (χ1n) is 10.2. The molecular formula is C25H24N2O6. The Kier molecular flexibility index (Phi) is 7.04. The van der Waals surface area contributed by atoms with E-state index < -0.39 is 17.9 Å². The Hall–Kier alpha value is -4.25. The second kappa shape index (κ2) is 9.92. The maximum Gasteiger partial charge on any atom is 0.343 e. The highest BCUT2D eigenvalue weighted by Gasteiger charge is 2.36. The normalized spacial score (nSPS) is 15.4. The third kappa shape index (κ3) is 4.83. The average Bonchev–Trinajstić information content (AvgIpc) is 2.79. The predicted octanol–water partition coefficient (Wildman–Crippen LogP) is 3.87. The minimum atomic E-state index is -0.835. The van der Waals surface area contributed by atoms with Crippen molar-refractivity contribution in [1.82, 2.24) is 0 Å². The zero-order valence-electron chi connectivity index (χ0n) is 18.8. The largest absolute Gasteiger partial charge is 0.493 e. The van der Waals surface area contributed by atoms with Gasteiger partial charge in [0, 0.05) is 0 Å². The topological polar surface area (TPSA) is 121 Å². The number of carbonyl (C=O) groups is 2. The molecule has 0 fully saturated rings. The molecule has 33 heavy (non-hydrogen) atoms. The number of nitriles is 1. The van der Waals surface area contributed by atoms with Gasteiger partial charge in [0.2, 0.25) is 5.88 Å². The predicted molar refractivity (Wildman–Crippen MR) is 119 cm³/mol. The van der Waals surface area contributed by atoms with Crippen molar-refractivity contribution in [2.75, 3.05) is 13.7 Å². The van der Waals surface area contributed by atoms with Crippen LogP contribution in [0.2, 0.25) is 0 Å². The van der Waals surface area contributed by atoms with E-state index in [-0.39, 0.29) is 40.9 Å². The summed E-state index contributed by atoms with van der Waals surface area (Å²) in [6, 6.07) is 13.8. The minimum absolute atomic E-state index is 0.0649. The number of hydrogen-bond donors (Lipinski definition) is 1. The molecular weight excluding hydrogens is 424 g/mol. The molecule has 2 N–H and O–H groups in total. The smallest absolute Gasteiger partial charge is 0.343 e. The molecule has 170 valence electrons. The summed E-state index contributed by atoms with van der Waals surface area (Å²) in [7, 11) is 1.43. The number of aryl methyl sites for hydroxylation is 1. The van der Waals surface area contributed by atoms with E-state index in [9.17, 15) is 14.9 Å². The van der Waals surface area contributed by atoms with Crippen LogP contribution in [-0.4, -0.2) is 25.7 Å². The van der Waals surface area contributed by atoms with Gasteiger partial charge in [-0.3, -0.25) is 0 Å². The molecule has 0 spiro atoms. The van der Waals surface area contributed by atoms with Crippen molar-refractivity contribution in [1.29, 1.82) is 5.26 Å². The van der Waals surface area contributed by atoms with Gasteiger partial charge in [0.15, 0.2) is 11.5 Å². The SMILES string of the molecule is CCOC(=O)C1=C(C)OC(N)=C(C#N)C1c1ccc(OC(=O)c2ccc(C)cc2)c(OC)c1. The Balaban J connectivity index is 2.01. The number of allylic oxidation sites excluding steroid dienone is 2. The van der Waals surface area contributed by atoms with Crippen LogP contribution in [0.15, 0.2) is 65.3 Å². The van der Waals surface area contributed by atoms with Crippen LogP contribution in [0.3, 0.4) is 0 Å². The van der Waals surface area contributed by atoms with Crippen LogP contribution < -0.4 is 15.2 Å². The van der Waals surface area contributed by atoms with Gasteiger partial charge < -0.3 is 24.7 Å². The first-order chi connectivity index (χ1) is 15.8.